The Morgan fingerprint density at radius 2 is 2.36 bits per heavy atom. The zero-order valence-electron chi connectivity index (χ0n) is 6.46. The number of aromatic nitrogens is 2. The summed E-state index contributed by atoms with van der Waals surface area (Å²) in [6.07, 6.45) is 9.34. The Hall–Kier alpha value is -1.31. The highest BCUT2D eigenvalue weighted by molar-refractivity contribution is 5.48. The Kier molecular flexibility index (Phi) is 1.39. The van der Waals surface area contributed by atoms with Crippen LogP contribution in [0.1, 0.15) is 13.3 Å². The molecule has 0 saturated heterocycles. The fourth-order valence-electron chi connectivity index (χ4n) is 1.25. The fraction of sp³-hybridized carbons (Fsp3) is 0.222. The van der Waals surface area contributed by atoms with Gasteiger partial charge < -0.3 is 0 Å². The Labute approximate surface area is 64.9 Å². The molecule has 0 saturated carbocycles. The van der Waals surface area contributed by atoms with E-state index in [4.69, 9.17) is 0 Å². The molecule has 0 unspecified atom stereocenters. The summed E-state index contributed by atoms with van der Waals surface area (Å²) in [5, 5.41) is 9.24. The quantitative estimate of drug-likeness (QED) is 0.561. The van der Waals surface area contributed by atoms with E-state index in [1.165, 1.54) is 10.8 Å². The lowest BCUT2D eigenvalue weighted by Gasteiger charge is -1.83. The molecule has 1 aromatic heterocycles. The molecule has 0 fully saturated rings. The number of hydrogen-bond acceptors (Lipinski definition) is 1. The topological polar surface area (TPSA) is 28.7 Å². The van der Waals surface area contributed by atoms with Crippen molar-refractivity contribution < 1.29 is 0 Å². The number of fused-ring (bicyclic) bond motifs is 1. The summed E-state index contributed by atoms with van der Waals surface area (Å²) < 4.78 is 0. The standard InChI is InChI=1S/C9H10N2/c1-7-3-2-4-9-8(5-7)6-10-11-9/h3-6,11H,2H2,1H3. The van der Waals surface area contributed by atoms with E-state index in [2.05, 4.69) is 35.3 Å². The van der Waals surface area contributed by atoms with Crippen molar-refractivity contribution in [2.75, 3.05) is 0 Å². The number of nitrogens with one attached hydrogen (secondary N) is 1. The molecule has 0 aliphatic heterocycles. The molecule has 11 heavy (non-hydrogen) atoms. The molecule has 0 spiro atoms. The Morgan fingerprint density at radius 3 is 3.27 bits per heavy atom. The van der Waals surface area contributed by atoms with Crippen molar-refractivity contribution in [3.8, 4) is 0 Å². The van der Waals surface area contributed by atoms with E-state index in [-0.39, 0.29) is 0 Å². The van der Waals surface area contributed by atoms with Crippen molar-refractivity contribution in [1.29, 1.82) is 0 Å². The summed E-state index contributed by atoms with van der Waals surface area (Å²) in [7, 11) is 0. The van der Waals surface area contributed by atoms with Crippen molar-refractivity contribution in [1.82, 2.24) is 10.2 Å². The molecule has 56 valence electrons. The zero-order valence-corrected chi connectivity index (χ0v) is 6.46. The van der Waals surface area contributed by atoms with E-state index < -0.39 is 0 Å². The normalized spacial score (nSPS) is 15.5. The van der Waals surface area contributed by atoms with Gasteiger partial charge in [-0.25, -0.2) is 0 Å². The number of H-pyrrole nitrogens is 1. The maximum absolute atomic E-state index is 3.97. The second kappa shape index (κ2) is 2.38. The van der Waals surface area contributed by atoms with Crippen LogP contribution in [-0.2, 0) is 0 Å². The molecule has 1 aliphatic rings. The van der Waals surface area contributed by atoms with Crippen LogP contribution in [0, 0.1) is 0 Å². The summed E-state index contributed by atoms with van der Waals surface area (Å²) in [5.41, 5.74) is 1.31. The first-order valence-electron chi connectivity index (χ1n) is 3.74. The Balaban J connectivity index is 2.76. The second-order valence-corrected chi connectivity index (χ2v) is 2.77. The highest BCUT2D eigenvalue weighted by Crippen LogP contribution is 1.98. The second-order valence-electron chi connectivity index (χ2n) is 2.77. The molecule has 1 aliphatic carbocycles. The van der Waals surface area contributed by atoms with Crippen molar-refractivity contribution in [3.63, 3.8) is 0 Å². The van der Waals surface area contributed by atoms with Gasteiger partial charge in [-0.05, 0) is 19.4 Å². The van der Waals surface area contributed by atoms with Crippen LogP contribution in [0.25, 0.3) is 12.2 Å². The molecule has 0 amide bonds. The molecule has 2 heteroatoms. The first-order chi connectivity index (χ1) is 5.36. The maximum Gasteiger partial charge on any atom is 0.0613 e. The summed E-state index contributed by atoms with van der Waals surface area (Å²) in [6, 6.07) is 0. The van der Waals surface area contributed by atoms with Crippen LogP contribution in [0.5, 0.6) is 0 Å². The van der Waals surface area contributed by atoms with Crippen molar-refractivity contribution in [2.24, 2.45) is 0 Å². The lowest BCUT2D eigenvalue weighted by Crippen LogP contribution is -2.21. The van der Waals surface area contributed by atoms with Crippen LogP contribution in [0.2, 0.25) is 0 Å². The van der Waals surface area contributed by atoms with Crippen LogP contribution in [0.4, 0.5) is 0 Å². The molecule has 0 aromatic carbocycles. The molecule has 0 bridgehead atoms. The molecule has 0 radical (unpaired) electrons. The monoisotopic (exact) mass is 146 g/mol. The molecule has 2 nitrogen and oxygen atoms in total. The van der Waals surface area contributed by atoms with Gasteiger partial charge in [0.2, 0.25) is 0 Å². The van der Waals surface area contributed by atoms with Gasteiger partial charge in [-0.1, -0.05) is 17.7 Å². The largest absolute Gasteiger partial charge is 0.278 e. The lowest BCUT2D eigenvalue weighted by molar-refractivity contribution is 1.06. The minimum Gasteiger partial charge on any atom is -0.278 e. The fourth-order valence-corrected chi connectivity index (χ4v) is 1.25. The van der Waals surface area contributed by atoms with Crippen LogP contribution in [-0.4, -0.2) is 10.2 Å². The SMILES string of the molecule is CC1=CCC=c2[nH]ncc2=C1. The zero-order chi connectivity index (χ0) is 7.68. The molecule has 2 rings (SSSR count). The van der Waals surface area contributed by atoms with Gasteiger partial charge in [0.15, 0.2) is 0 Å². The summed E-state index contributed by atoms with van der Waals surface area (Å²) >= 11 is 0. The van der Waals surface area contributed by atoms with Crippen LogP contribution >= 0.6 is 0 Å². The first kappa shape index (κ1) is 6.40. The van der Waals surface area contributed by atoms with Gasteiger partial charge >= 0.3 is 0 Å². The lowest BCUT2D eigenvalue weighted by atomic mass is 10.2. The van der Waals surface area contributed by atoms with Crippen molar-refractivity contribution >= 4 is 12.2 Å². The number of hydrogen-bond donors (Lipinski definition) is 1. The average Bonchev–Trinajstić information content (AvgIpc) is 2.31. The van der Waals surface area contributed by atoms with E-state index >= 15 is 0 Å². The third-order valence-electron chi connectivity index (χ3n) is 1.84. The number of rotatable bonds is 0. The minimum atomic E-state index is 0.998. The van der Waals surface area contributed by atoms with Crippen LogP contribution in [0.15, 0.2) is 17.8 Å². The summed E-state index contributed by atoms with van der Waals surface area (Å²) in [4.78, 5) is 0. The Bertz CT molecular complexity index is 395. The highest BCUT2D eigenvalue weighted by atomic mass is 15.1. The van der Waals surface area contributed by atoms with Crippen molar-refractivity contribution in [2.45, 2.75) is 13.3 Å². The van der Waals surface area contributed by atoms with E-state index in [1.54, 1.807) is 0 Å². The van der Waals surface area contributed by atoms with Gasteiger partial charge in [0.1, 0.15) is 0 Å². The predicted octanol–water partition coefficient (Wildman–Crippen LogP) is 0.321. The average molecular weight is 146 g/mol. The van der Waals surface area contributed by atoms with Crippen molar-refractivity contribution in [3.05, 3.63) is 28.4 Å². The molecule has 1 N–H and O–H groups in total. The third-order valence-corrected chi connectivity index (χ3v) is 1.84. The summed E-state index contributed by atoms with van der Waals surface area (Å²) in [5.74, 6) is 0. The third kappa shape index (κ3) is 1.11. The van der Waals surface area contributed by atoms with Gasteiger partial charge in [0.25, 0.3) is 0 Å². The van der Waals surface area contributed by atoms with Gasteiger partial charge in [-0.15, -0.1) is 0 Å². The Morgan fingerprint density at radius 1 is 1.45 bits per heavy atom. The molecule has 1 heterocycles. The maximum atomic E-state index is 3.97. The van der Waals surface area contributed by atoms with Crippen LogP contribution < -0.4 is 10.6 Å². The van der Waals surface area contributed by atoms with Crippen LogP contribution in [0.3, 0.4) is 0 Å². The smallest absolute Gasteiger partial charge is 0.0613 e. The number of allylic oxidation sites excluding steroid dienone is 2. The van der Waals surface area contributed by atoms with E-state index in [9.17, 15) is 0 Å². The van der Waals surface area contributed by atoms with E-state index in [0.29, 0.717) is 0 Å². The molecular formula is C9H10N2. The number of nitrogens with zero attached hydrogens (tertiary/aromatic N) is 1. The summed E-state index contributed by atoms with van der Waals surface area (Å²) in [6.45, 7) is 2.11. The van der Waals surface area contributed by atoms with Gasteiger partial charge in [-0.3, -0.25) is 5.10 Å². The highest BCUT2D eigenvalue weighted by Gasteiger charge is 1.91. The number of aromatic amines is 1. The molecule has 0 atom stereocenters. The molecule has 1 aromatic rings. The van der Waals surface area contributed by atoms with Gasteiger partial charge in [0.05, 0.1) is 11.5 Å². The predicted molar refractivity (Wildman–Crippen MR) is 45.1 cm³/mol. The minimum absolute atomic E-state index is 0.998. The van der Waals surface area contributed by atoms with Gasteiger partial charge in [-0.2, -0.15) is 5.10 Å². The van der Waals surface area contributed by atoms with Gasteiger partial charge in [0, 0.05) is 5.22 Å². The first-order valence-corrected chi connectivity index (χ1v) is 3.74. The van der Waals surface area contributed by atoms with E-state index in [0.717, 1.165) is 11.8 Å². The van der Waals surface area contributed by atoms with E-state index in [1.807, 2.05) is 6.20 Å². The molecular weight excluding hydrogens is 136 g/mol.